The standard InChI is InChI=1S/C25H27F5O/c1-2-17-3-7-19(8-4-17)20-11-13-22(14-12-20)24(27)23(26)21-9-5-18(6-10-21)15-31-16-25(28,29)30/h5-6,9-14,17,19H,2-4,7-8,15-16H2,1H3/b24-23-. The Bertz CT molecular complexity index is 860. The maximum atomic E-state index is 14.7. The van der Waals surface area contributed by atoms with Crippen molar-refractivity contribution in [2.45, 2.75) is 57.7 Å². The molecule has 1 saturated carbocycles. The molecule has 0 bridgehead atoms. The Morgan fingerprint density at radius 1 is 0.839 bits per heavy atom. The van der Waals surface area contributed by atoms with E-state index in [1.54, 1.807) is 12.1 Å². The molecular formula is C25H27F5O. The summed E-state index contributed by atoms with van der Waals surface area (Å²) in [6.07, 6.45) is 1.49. The zero-order valence-corrected chi connectivity index (χ0v) is 17.5. The molecule has 0 aromatic heterocycles. The fraction of sp³-hybridized carbons (Fsp3) is 0.440. The van der Waals surface area contributed by atoms with Gasteiger partial charge in [0, 0.05) is 11.1 Å². The SMILES string of the molecule is CCC1CCC(c2ccc(/C(F)=C(/F)c3ccc(COCC(F)(F)F)cc3)cc2)CC1. The van der Waals surface area contributed by atoms with Gasteiger partial charge in [0.15, 0.2) is 11.7 Å². The van der Waals surface area contributed by atoms with Crippen LogP contribution in [0.3, 0.4) is 0 Å². The number of hydrogen-bond acceptors (Lipinski definition) is 1. The lowest BCUT2D eigenvalue weighted by Gasteiger charge is -2.28. The molecule has 0 spiro atoms. The Morgan fingerprint density at radius 2 is 1.35 bits per heavy atom. The number of benzene rings is 2. The van der Waals surface area contributed by atoms with Gasteiger partial charge in [0.25, 0.3) is 0 Å². The molecule has 1 aliphatic carbocycles. The number of alkyl halides is 3. The quantitative estimate of drug-likeness (QED) is 0.313. The summed E-state index contributed by atoms with van der Waals surface area (Å²) in [4.78, 5) is 0. The predicted octanol–water partition coefficient (Wildman–Crippen LogP) is 8.21. The summed E-state index contributed by atoms with van der Waals surface area (Å²) >= 11 is 0. The Morgan fingerprint density at radius 3 is 1.84 bits per heavy atom. The predicted molar refractivity (Wildman–Crippen MR) is 113 cm³/mol. The van der Waals surface area contributed by atoms with E-state index < -0.39 is 24.4 Å². The summed E-state index contributed by atoms with van der Waals surface area (Å²) < 4.78 is 70.2. The van der Waals surface area contributed by atoms with Gasteiger partial charge in [-0.25, -0.2) is 8.78 Å². The number of halogens is 5. The third-order valence-electron chi connectivity index (χ3n) is 5.99. The van der Waals surface area contributed by atoms with Crippen molar-refractivity contribution in [3.8, 4) is 0 Å². The Balaban J connectivity index is 1.64. The molecule has 1 aliphatic rings. The van der Waals surface area contributed by atoms with Crippen LogP contribution in [0.5, 0.6) is 0 Å². The lowest BCUT2D eigenvalue weighted by molar-refractivity contribution is -0.176. The molecule has 1 nitrogen and oxygen atoms in total. The molecule has 3 rings (SSSR count). The zero-order valence-electron chi connectivity index (χ0n) is 17.5. The second-order valence-corrected chi connectivity index (χ2v) is 8.18. The van der Waals surface area contributed by atoms with Crippen LogP contribution in [0.4, 0.5) is 22.0 Å². The van der Waals surface area contributed by atoms with Crippen LogP contribution in [-0.2, 0) is 11.3 Å². The van der Waals surface area contributed by atoms with Crippen molar-refractivity contribution in [1.82, 2.24) is 0 Å². The molecular weight excluding hydrogens is 411 g/mol. The van der Waals surface area contributed by atoms with Gasteiger partial charge in [-0.05, 0) is 48.6 Å². The first-order chi connectivity index (χ1) is 14.8. The summed E-state index contributed by atoms with van der Waals surface area (Å²) in [5.74, 6) is -0.685. The van der Waals surface area contributed by atoms with Crippen molar-refractivity contribution in [2.75, 3.05) is 6.61 Å². The fourth-order valence-corrected chi connectivity index (χ4v) is 4.09. The van der Waals surface area contributed by atoms with E-state index in [2.05, 4.69) is 11.7 Å². The third kappa shape index (κ3) is 6.63. The maximum Gasteiger partial charge on any atom is 0.411 e. The van der Waals surface area contributed by atoms with Crippen LogP contribution in [0, 0.1) is 5.92 Å². The van der Waals surface area contributed by atoms with Gasteiger partial charge in [0.2, 0.25) is 0 Å². The summed E-state index contributed by atoms with van der Waals surface area (Å²) in [5, 5.41) is 0. The topological polar surface area (TPSA) is 9.23 Å². The summed E-state index contributed by atoms with van der Waals surface area (Å²) in [7, 11) is 0. The number of ether oxygens (including phenoxy) is 1. The van der Waals surface area contributed by atoms with Crippen molar-refractivity contribution >= 4 is 11.7 Å². The van der Waals surface area contributed by atoms with Crippen molar-refractivity contribution in [1.29, 1.82) is 0 Å². The second kappa shape index (κ2) is 10.4. The highest BCUT2D eigenvalue weighted by Crippen LogP contribution is 2.37. The molecule has 31 heavy (non-hydrogen) atoms. The molecule has 0 atom stereocenters. The van der Waals surface area contributed by atoms with E-state index in [1.807, 2.05) is 12.1 Å². The normalized spacial score (nSPS) is 20.5. The van der Waals surface area contributed by atoms with E-state index in [1.165, 1.54) is 43.5 Å². The van der Waals surface area contributed by atoms with Gasteiger partial charge in [-0.3, -0.25) is 0 Å². The third-order valence-corrected chi connectivity index (χ3v) is 5.99. The largest absolute Gasteiger partial charge is 0.411 e. The molecule has 1 fully saturated rings. The smallest absolute Gasteiger partial charge is 0.367 e. The first kappa shape index (κ1) is 23.5. The summed E-state index contributed by atoms with van der Waals surface area (Å²) in [5.41, 5.74) is 1.80. The van der Waals surface area contributed by atoms with Gasteiger partial charge in [-0.1, -0.05) is 61.9 Å². The van der Waals surface area contributed by atoms with Gasteiger partial charge in [-0.15, -0.1) is 0 Å². The summed E-state index contributed by atoms with van der Waals surface area (Å²) in [6, 6.07) is 12.5. The van der Waals surface area contributed by atoms with Crippen LogP contribution in [-0.4, -0.2) is 12.8 Å². The lowest BCUT2D eigenvalue weighted by atomic mass is 9.78. The van der Waals surface area contributed by atoms with Crippen LogP contribution in [0.2, 0.25) is 0 Å². The Hall–Kier alpha value is -2.21. The Labute approximate surface area is 179 Å². The molecule has 0 N–H and O–H groups in total. The van der Waals surface area contributed by atoms with E-state index in [0.29, 0.717) is 11.5 Å². The molecule has 168 valence electrons. The van der Waals surface area contributed by atoms with E-state index in [9.17, 15) is 22.0 Å². The van der Waals surface area contributed by atoms with Crippen molar-refractivity contribution < 1.29 is 26.7 Å². The minimum Gasteiger partial charge on any atom is -0.367 e. The monoisotopic (exact) mass is 438 g/mol. The van der Waals surface area contributed by atoms with Crippen LogP contribution >= 0.6 is 0 Å². The van der Waals surface area contributed by atoms with E-state index in [0.717, 1.165) is 24.3 Å². The van der Waals surface area contributed by atoms with E-state index >= 15 is 0 Å². The van der Waals surface area contributed by atoms with Crippen LogP contribution in [0.15, 0.2) is 48.5 Å². The number of hydrogen-bond donors (Lipinski definition) is 0. The van der Waals surface area contributed by atoms with Crippen LogP contribution in [0.1, 0.15) is 67.2 Å². The van der Waals surface area contributed by atoms with Gasteiger partial charge >= 0.3 is 6.18 Å². The fourth-order valence-electron chi connectivity index (χ4n) is 4.09. The molecule has 0 saturated heterocycles. The average molecular weight is 438 g/mol. The van der Waals surface area contributed by atoms with Gasteiger partial charge in [0.1, 0.15) is 6.61 Å². The van der Waals surface area contributed by atoms with Crippen molar-refractivity contribution in [3.63, 3.8) is 0 Å². The van der Waals surface area contributed by atoms with E-state index in [4.69, 9.17) is 0 Å². The minimum atomic E-state index is -4.40. The molecule has 2 aromatic carbocycles. The van der Waals surface area contributed by atoms with Gasteiger partial charge in [-0.2, -0.15) is 13.2 Å². The molecule has 0 heterocycles. The van der Waals surface area contributed by atoms with Crippen molar-refractivity contribution in [3.05, 3.63) is 70.8 Å². The Kier molecular flexibility index (Phi) is 7.87. The number of rotatable bonds is 7. The molecule has 0 unspecified atom stereocenters. The summed E-state index contributed by atoms with van der Waals surface area (Å²) in [6.45, 7) is 0.613. The molecule has 2 aromatic rings. The highest BCUT2D eigenvalue weighted by Gasteiger charge is 2.27. The molecule has 0 radical (unpaired) electrons. The van der Waals surface area contributed by atoms with Gasteiger partial charge in [0.05, 0.1) is 6.61 Å². The highest BCUT2D eigenvalue weighted by molar-refractivity contribution is 5.83. The molecule has 0 aliphatic heterocycles. The van der Waals surface area contributed by atoms with E-state index in [-0.39, 0.29) is 17.7 Å². The zero-order chi connectivity index (χ0) is 22.4. The highest BCUT2D eigenvalue weighted by atomic mass is 19.4. The maximum absolute atomic E-state index is 14.7. The average Bonchev–Trinajstić information content (AvgIpc) is 2.78. The molecule has 0 amide bonds. The first-order valence-electron chi connectivity index (χ1n) is 10.7. The lowest BCUT2D eigenvalue weighted by Crippen LogP contribution is -2.16. The van der Waals surface area contributed by atoms with Crippen LogP contribution in [0.25, 0.3) is 11.7 Å². The first-order valence-corrected chi connectivity index (χ1v) is 10.7. The second-order valence-electron chi connectivity index (χ2n) is 8.18. The molecule has 6 heteroatoms. The van der Waals surface area contributed by atoms with Crippen molar-refractivity contribution in [2.24, 2.45) is 5.92 Å². The minimum absolute atomic E-state index is 0.0269. The van der Waals surface area contributed by atoms with Gasteiger partial charge < -0.3 is 4.74 Å². The van der Waals surface area contributed by atoms with Crippen LogP contribution < -0.4 is 0 Å².